The topological polar surface area (TPSA) is 97.7 Å². The van der Waals surface area contributed by atoms with Gasteiger partial charge >= 0.3 is 5.97 Å². The summed E-state index contributed by atoms with van der Waals surface area (Å²) in [5, 5.41) is 20.1. The van der Waals surface area contributed by atoms with Gasteiger partial charge in [0.25, 0.3) is 5.69 Å². The Bertz CT molecular complexity index is 931. The van der Waals surface area contributed by atoms with E-state index in [1.165, 1.54) is 12.1 Å². The first-order chi connectivity index (χ1) is 10.4. The number of carboxylic acids is 1. The van der Waals surface area contributed by atoms with Crippen LogP contribution in [0.4, 0.5) is 5.69 Å². The van der Waals surface area contributed by atoms with Gasteiger partial charge in [0.1, 0.15) is 9.90 Å². The first kappa shape index (κ1) is 14.5. The van der Waals surface area contributed by atoms with Crippen molar-refractivity contribution >= 4 is 39.6 Å². The van der Waals surface area contributed by atoms with Gasteiger partial charge < -0.3 is 5.11 Å². The van der Waals surface area contributed by atoms with Crippen molar-refractivity contribution in [3.05, 3.63) is 50.1 Å². The molecule has 0 saturated heterocycles. The van der Waals surface area contributed by atoms with Crippen LogP contribution in [0.3, 0.4) is 0 Å². The summed E-state index contributed by atoms with van der Waals surface area (Å²) in [6, 6.07) is 4.43. The van der Waals surface area contributed by atoms with E-state index in [2.05, 4.69) is 4.98 Å². The fourth-order valence-corrected chi connectivity index (χ4v) is 3.23. The zero-order chi connectivity index (χ0) is 16.0. The molecule has 9 heteroatoms. The Morgan fingerprint density at radius 3 is 2.82 bits per heavy atom. The molecule has 22 heavy (non-hydrogen) atoms. The van der Waals surface area contributed by atoms with Gasteiger partial charge in [-0.3, -0.25) is 14.5 Å². The molecule has 0 aliphatic heterocycles. The quantitative estimate of drug-likeness (QED) is 0.581. The van der Waals surface area contributed by atoms with Crippen molar-refractivity contribution in [1.29, 1.82) is 0 Å². The molecule has 0 bridgehead atoms. The van der Waals surface area contributed by atoms with Gasteiger partial charge in [-0.25, -0.2) is 9.78 Å². The molecule has 0 aliphatic rings. The molecule has 0 atom stereocenters. The van der Waals surface area contributed by atoms with Gasteiger partial charge in [0.15, 0.2) is 4.96 Å². The van der Waals surface area contributed by atoms with Crippen molar-refractivity contribution in [2.24, 2.45) is 0 Å². The lowest BCUT2D eigenvalue weighted by Crippen LogP contribution is -1.96. The first-order valence-electron chi connectivity index (χ1n) is 6.04. The average molecular weight is 338 g/mol. The second kappa shape index (κ2) is 5.08. The van der Waals surface area contributed by atoms with Crippen molar-refractivity contribution in [2.45, 2.75) is 6.92 Å². The van der Waals surface area contributed by atoms with E-state index in [1.807, 2.05) is 0 Å². The number of hydrogen-bond acceptors (Lipinski definition) is 5. The summed E-state index contributed by atoms with van der Waals surface area (Å²) in [4.78, 5) is 26.5. The predicted molar refractivity (Wildman–Crippen MR) is 81.9 cm³/mol. The van der Waals surface area contributed by atoms with E-state index in [0.717, 1.165) is 11.3 Å². The summed E-state index contributed by atoms with van der Waals surface area (Å²) in [5.41, 5.74) is 1.43. The minimum Gasteiger partial charge on any atom is -0.477 e. The number of imidazole rings is 1. The Balaban J connectivity index is 2.13. The third-order valence-electron chi connectivity index (χ3n) is 3.19. The van der Waals surface area contributed by atoms with Crippen LogP contribution in [-0.4, -0.2) is 25.4 Å². The van der Waals surface area contributed by atoms with Crippen LogP contribution in [0.15, 0.2) is 24.4 Å². The number of nitrogens with zero attached hydrogens (tertiary/aromatic N) is 3. The van der Waals surface area contributed by atoms with Crippen LogP contribution in [0, 0.1) is 17.0 Å². The van der Waals surface area contributed by atoms with Crippen LogP contribution in [0.5, 0.6) is 0 Å². The number of thiazole rings is 1. The number of nitro benzene ring substituents is 1. The van der Waals surface area contributed by atoms with E-state index in [4.69, 9.17) is 16.7 Å². The third kappa shape index (κ3) is 2.22. The molecule has 7 nitrogen and oxygen atoms in total. The molecule has 1 N–H and O–H groups in total. The average Bonchev–Trinajstić information content (AvgIpc) is 2.99. The van der Waals surface area contributed by atoms with Crippen LogP contribution >= 0.6 is 22.9 Å². The Hall–Kier alpha value is -2.45. The van der Waals surface area contributed by atoms with Crippen LogP contribution in [-0.2, 0) is 0 Å². The van der Waals surface area contributed by atoms with Crippen molar-refractivity contribution in [2.75, 3.05) is 0 Å². The second-order valence-electron chi connectivity index (χ2n) is 4.52. The SMILES string of the molecule is Cc1c(C(=O)O)sc2nc(-c3ccc(Cl)c([N+](=O)[O-])c3)cn12. The van der Waals surface area contributed by atoms with Crippen molar-refractivity contribution in [3.63, 3.8) is 0 Å². The van der Waals surface area contributed by atoms with Gasteiger partial charge in [0.05, 0.1) is 10.6 Å². The summed E-state index contributed by atoms with van der Waals surface area (Å²) in [6.45, 7) is 1.68. The normalized spacial score (nSPS) is 11.0. The molecule has 1 aromatic carbocycles. The molecule has 112 valence electrons. The van der Waals surface area contributed by atoms with Gasteiger partial charge in [0.2, 0.25) is 0 Å². The van der Waals surface area contributed by atoms with Crippen LogP contribution < -0.4 is 0 Å². The zero-order valence-electron chi connectivity index (χ0n) is 11.1. The highest BCUT2D eigenvalue weighted by molar-refractivity contribution is 7.19. The molecular weight excluding hydrogens is 330 g/mol. The molecule has 3 aromatic rings. The summed E-state index contributed by atoms with van der Waals surface area (Å²) >= 11 is 6.84. The highest BCUT2D eigenvalue weighted by atomic mass is 35.5. The van der Waals surface area contributed by atoms with E-state index >= 15 is 0 Å². The lowest BCUT2D eigenvalue weighted by molar-refractivity contribution is -0.384. The minimum absolute atomic E-state index is 0.0547. The van der Waals surface area contributed by atoms with Gasteiger partial charge in [-0.15, -0.1) is 0 Å². The molecule has 3 rings (SSSR count). The highest BCUT2D eigenvalue weighted by Crippen LogP contribution is 2.32. The number of aromatic nitrogens is 2. The van der Waals surface area contributed by atoms with Gasteiger partial charge in [-0.1, -0.05) is 29.0 Å². The number of aryl methyl sites for hydroxylation is 1. The molecule has 0 saturated carbocycles. The second-order valence-corrected chi connectivity index (χ2v) is 5.91. The lowest BCUT2D eigenvalue weighted by atomic mass is 10.1. The number of carboxylic acid groups (broad SMARTS) is 1. The maximum atomic E-state index is 11.1. The van der Waals surface area contributed by atoms with Crippen molar-refractivity contribution < 1.29 is 14.8 Å². The molecule has 0 aliphatic carbocycles. The smallest absolute Gasteiger partial charge is 0.347 e. The number of nitro groups is 1. The summed E-state index contributed by atoms with van der Waals surface area (Å²) in [6.07, 6.45) is 1.65. The molecular formula is C13H8ClN3O4S. The molecule has 2 heterocycles. The third-order valence-corrected chi connectivity index (χ3v) is 4.65. The number of fused-ring (bicyclic) bond motifs is 1. The van der Waals surface area contributed by atoms with Crippen LogP contribution in [0.25, 0.3) is 16.2 Å². The number of aromatic carboxylic acids is 1. The monoisotopic (exact) mass is 337 g/mol. The van der Waals surface area contributed by atoms with Crippen LogP contribution in [0.2, 0.25) is 5.02 Å². The van der Waals surface area contributed by atoms with E-state index in [9.17, 15) is 14.9 Å². The standard InChI is InChI=1S/C13H8ClN3O4S/c1-6-11(12(18)19)22-13-15-9(5-16(6)13)7-2-3-8(14)10(4-7)17(20)21/h2-5H,1H3,(H,18,19). The summed E-state index contributed by atoms with van der Waals surface area (Å²) < 4.78 is 1.66. The Kier molecular flexibility index (Phi) is 3.34. The molecule has 0 amide bonds. The van der Waals surface area contributed by atoms with E-state index in [-0.39, 0.29) is 15.6 Å². The van der Waals surface area contributed by atoms with Crippen molar-refractivity contribution in [3.8, 4) is 11.3 Å². The number of rotatable bonds is 3. The number of hydrogen-bond donors (Lipinski definition) is 1. The fourth-order valence-electron chi connectivity index (χ4n) is 2.10. The summed E-state index contributed by atoms with van der Waals surface area (Å²) in [7, 11) is 0. The molecule has 0 spiro atoms. The predicted octanol–water partition coefficient (Wildman–Crippen LogP) is 3.63. The van der Waals surface area contributed by atoms with Gasteiger partial charge in [-0.2, -0.15) is 0 Å². The number of halogens is 1. The maximum absolute atomic E-state index is 11.1. The van der Waals surface area contributed by atoms with Crippen molar-refractivity contribution in [1.82, 2.24) is 9.38 Å². The van der Waals surface area contributed by atoms with Gasteiger partial charge in [0, 0.05) is 23.5 Å². The Morgan fingerprint density at radius 1 is 1.50 bits per heavy atom. The maximum Gasteiger partial charge on any atom is 0.347 e. The number of benzene rings is 1. The first-order valence-corrected chi connectivity index (χ1v) is 7.24. The summed E-state index contributed by atoms with van der Waals surface area (Å²) in [5.74, 6) is -1.00. The molecule has 2 aromatic heterocycles. The van der Waals surface area contributed by atoms with E-state index < -0.39 is 10.9 Å². The highest BCUT2D eigenvalue weighted by Gasteiger charge is 2.19. The molecule has 0 fully saturated rings. The molecule has 0 unspecified atom stereocenters. The lowest BCUT2D eigenvalue weighted by Gasteiger charge is -1.99. The minimum atomic E-state index is -1.00. The Labute approximate surface area is 132 Å². The number of carbonyl (C=O) groups is 1. The Morgan fingerprint density at radius 2 is 2.23 bits per heavy atom. The van der Waals surface area contributed by atoms with Crippen LogP contribution in [0.1, 0.15) is 15.4 Å². The molecule has 0 radical (unpaired) electrons. The largest absolute Gasteiger partial charge is 0.477 e. The van der Waals surface area contributed by atoms with Gasteiger partial charge in [-0.05, 0) is 13.0 Å². The van der Waals surface area contributed by atoms with E-state index in [1.54, 1.807) is 23.6 Å². The zero-order valence-corrected chi connectivity index (χ0v) is 12.7. The van der Waals surface area contributed by atoms with E-state index in [0.29, 0.717) is 21.9 Å². The fraction of sp³-hybridized carbons (Fsp3) is 0.0769.